The molecule has 0 aromatic heterocycles. The molecule has 2 bridgehead atoms. The molecule has 0 N–H and O–H groups in total. The lowest BCUT2D eigenvalue weighted by Crippen LogP contribution is -2.45. The Kier molecular flexibility index (Phi) is 4.98. The predicted molar refractivity (Wildman–Crippen MR) is 97.0 cm³/mol. The van der Waals surface area contributed by atoms with Gasteiger partial charge in [0.25, 0.3) is 0 Å². The maximum absolute atomic E-state index is 12.5. The van der Waals surface area contributed by atoms with E-state index >= 15 is 0 Å². The van der Waals surface area contributed by atoms with Gasteiger partial charge >= 0.3 is 6.09 Å². The summed E-state index contributed by atoms with van der Waals surface area (Å²) in [6.45, 7) is 5.80. The third-order valence-corrected chi connectivity index (χ3v) is 4.88. The van der Waals surface area contributed by atoms with E-state index in [0.29, 0.717) is 6.04 Å². The number of fused-ring (bicyclic) bond motifs is 2. The van der Waals surface area contributed by atoms with E-state index < -0.39 is 5.60 Å². The summed E-state index contributed by atoms with van der Waals surface area (Å²) in [5, 5.41) is 0. The van der Waals surface area contributed by atoms with Crippen LogP contribution in [0.25, 0.3) is 0 Å². The Morgan fingerprint density at radius 3 is 2.58 bits per heavy atom. The van der Waals surface area contributed by atoms with Crippen LogP contribution in [0.15, 0.2) is 42.0 Å². The van der Waals surface area contributed by atoms with Crippen molar-refractivity contribution in [2.24, 2.45) is 0 Å². The first-order chi connectivity index (χ1) is 11.4. The zero-order valence-corrected chi connectivity index (χ0v) is 15.1. The summed E-state index contributed by atoms with van der Waals surface area (Å²) in [7, 11) is 0. The van der Waals surface area contributed by atoms with Crippen LogP contribution in [0.5, 0.6) is 0 Å². The zero-order valence-electron chi connectivity index (χ0n) is 15.1. The fourth-order valence-corrected chi connectivity index (χ4v) is 3.87. The van der Waals surface area contributed by atoms with Crippen LogP contribution >= 0.6 is 0 Å². The molecule has 1 aromatic carbocycles. The SMILES string of the molecule is CC(C)(C)OC(=O)N1C2C=C(CCCc3ccccc3)CC1CC2. The third-order valence-electron chi connectivity index (χ3n) is 4.88. The number of carbonyl (C=O) groups excluding carboxylic acids is 1. The predicted octanol–water partition coefficient (Wildman–Crippen LogP) is 5.11. The summed E-state index contributed by atoms with van der Waals surface area (Å²) >= 11 is 0. The molecule has 2 unspecified atom stereocenters. The highest BCUT2D eigenvalue weighted by Gasteiger charge is 2.41. The van der Waals surface area contributed by atoms with Gasteiger partial charge in [-0.25, -0.2) is 4.79 Å². The van der Waals surface area contributed by atoms with Crippen molar-refractivity contribution < 1.29 is 9.53 Å². The van der Waals surface area contributed by atoms with Crippen LogP contribution in [0, 0.1) is 0 Å². The summed E-state index contributed by atoms with van der Waals surface area (Å²) in [6, 6.07) is 11.2. The van der Waals surface area contributed by atoms with Crippen molar-refractivity contribution >= 4 is 6.09 Å². The van der Waals surface area contributed by atoms with Crippen LogP contribution in [0.3, 0.4) is 0 Å². The number of hydrogen-bond donors (Lipinski definition) is 0. The molecule has 1 aromatic rings. The minimum atomic E-state index is -0.420. The zero-order chi connectivity index (χ0) is 17.2. The van der Waals surface area contributed by atoms with Gasteiger partial charge in [-0.15, -0.1) is 0 Å². The van der Waals surface area contributed by atoms with Gasteiger partial charge in [-0.1, -0.05) is 42.0 Å². The quantitative estimate of drug-likeness (QED) is 0.719. The lowest BCUT2D eigenvalue weighted by Gasteiger charge is -2.35. The Bertz CT molecular complexity index is 600. The van der Waals surface area contributed by atoms with E-state index in [4.69, 9.17) is 4.74 Å². The summed E-state index contributed by atoms with van der Waals surface area (Å²) in [5.74, 6) is 0. The lowest BCUT2D eigenvalue weighted by molar-refractivity contribution is 0.0166. The molecule has 1 amide bonds. The number of aryl methyl sites for hydroxylation is 1. The molecule has 2 atom stereocenters. The van der Waals surface area contributed by atoms with Gasteiger partial charge in [0.15, 0.2) is 0 Å². The molecule has 1 fully saturated rings. The second-order valence-electron chi connectivity index (χ2n) is 8.05. The van der Waals surface area contributed by atoms with Crippen LogP contribution in [-0.4, -0.2) is 28.7 Å². The van der Waals surface area contributed by atoms with Gasteiger partial charge in [-0.05, 0) is 64.9 Å². The molecule has 2 aliphatic heterocycles. The summed E-state index contributed by atoms with van der Waals surface area (Å²) in [4.78, 5) is 14.4. The fraction of sp³-hybridized carbons (Fsp3) is 0.571. The smallest absolute Gasteiger partial charge is 0.411 e. The first kappa shape index (κ1) is 17.1. The molecule has 0 radical (unpaired) electrons. The van der Waals surface area contributed by atoms with Gasteiger partial charge in [-0.2, -0.15) is 0 Å². The van der Waals surface area contributed by atoms with Crippen LogP contribution < -0.4 is 0 Å². The summed E-state index contributed by atoms with van der Waals surface area (Å²) < 4.78 is 5.59. The maximum atomic E-state index is 12.5. The maximum Gasteiger partial charge on any atom is 0.411 e. The Labute approximate surface area is 145 Å². The van der Waals surface area contributed by atoms with Gasteiger partial charge in [-0.3, -0.25) is 4.90 Å². The molecular formula is C21H29NO2. The Morgan fingerprint density at radius 1 is 1.17 bits per heavy atom. The minimum Gasteiger partial charge on any atom is -0.444 e. The van der Waals surface area contributed by atoms with Gasteiger partial charge in [0.2, 0.25) is 0 Å². The first-order valence-corrected chi connectivity index (χ1v) is 9.17. The second-order valence-corrected chi connectivity index (χ2v) is 8.05. The highest BCUT2D eigenvalue weighted by Crippen LogP contribution is 2.37. The van der Waals surface area contributed by atoms with Crippen LogP contribution in [0.1, 0.15) is 58.4 Å². The van der Waals surface area contributed by atoms with Gasteiger partial charge in [0.1, 0.15) is 5.60 Å². The molecule has 1 saturated heterocycles. The van der Waals surface area contributed by atoms with E-state index in [2.05, 4.69) is 36.4 Å². The number of benzene rings is 1. The number of hydrogen-bond acceptors (Lipinski definition) is 2. The molecule has 3 heteroatoms. The second kappa shape index (κ2) is 7.00. The highest BCUT2D eigenvalue weighted by molar-refractivity contribution is 5.70. The van der Waals surface area contributed by atoms with Crippen molar-refractivity contribution in [3.63, 3.8) is 0 Å². The Morgan fingerprint density at radius 2 is 1.92 bits per heavy atom. The van der Waals surface area contributed by atoms with Gasteiger partial charge < -0.3 is 4.74 Å². The third kappa shape index (κ3) is 4.19. The Balaban J connectivity index is 1.55. The monoisotopic (exact) mass is 327 g/mol. The number of nitrogens with zero attached hydrogens (tertiary/aromatic N) is 1. The van der Waals surface area contributed by atoms with E-state index in [-0.39, 0.29) is 12.1 Å². The van der Waals surface area contributed by atoms with Crippen molar-refractivity contribution in [2.45, 2.75) is 77.0 Å². The molecule has 0 spiro atoms. The van der Waals surface area contributed by atoms with Crippen molar-refractivity contribution in [2.75, 3.05) is 0 Å². The number of rotatable bonds is 4. The van der Waals surface area contributed by atoms with Crippen molar-refractivity contribution in [3.8, 4) is 0 Å². The fourth-order valence-electron chi connectivity index (χ4n) is 3.87. The van der Waals surface area contributed by atoms with E-state index in [1.54, 1.807) is 0 Å². The van der Waals surface area contributed by atoms with Crippen LogP contribution in [0.4, 0.5) is 4.79 Å². The molecule has 2 aliphatic rings. The Hall–Kier alpha value is -1.77. The molecule has 2 heterocycles. The van der Waals surface area contributed by atoms with Crippen molar-refractivity contribution in [3.05, 3.63) is 47.5 Å². The van der Waals surface area contributed by atoms with Crippen LogP contribution in [0.2, 0.25) is 0 Å². The largest absolute Gasteiger partial charge is 0.444 e. The standard InChI is InChI=1S/C21H29NO2/c1-21(2,3)24-20(23)22-18-12-13-19(22)15-17(14-18)11-7-10-16-8-5-4-6-9-16/h4-6,8-9,14,18-19H,7,10-13,15H2,1-3H3. The molecule has 130 valence electrons. The molecule has 0 aliphatic carbocycles. The lowest BCUT2D eigenvalue weighted by atomic mass is 9.96. The molecular weight excluding hydrogens is 298 g/mol. The molecule has 3 rings (SSSR count). The first-order valence-electron chi connectivity index (χ1n) is 9.17. The van der Waals surface area contributed by atoms with E-state index in [1.807, 2.05) is 25.7 Å². The topological polar surface area (TPSA) is 29.5 Å². The molecule has 24 heavy (non-hydrogen) atoms. The summed E-state index contributed by atoms with van der Waals surface area (Å²) in [6.07, 6.45) is 8.83. The normalized spacial score (nSPS) is 23.1. The van der Waals surface area contributed by atoms with E-state index in [1.165, 1.54) is 17.6 Å². The van der Waals surface area contributed by atoms with Crippen molar-refractivity contribution in [1.29, 1.82) is 0 Å². The van der Waals surface area contributed by atoms with E-state index in [9.17, 15) is 4.79 Å². The molecule has 3 nitrogen and oxygen atoms in total. The van der Waals surface area contributed by atoms with Gasteiger partial charge in [0.05, 0.1) is 6.04 Å². The number of carbonyl (C=O) groups is 1. The number of ether oxygens (including phenoxy) is 1. The number of amides is 1. The summed E-state index contributed by atoms with van der Waals surface area (Å²) in [5.41, 5.74) is 2.52. The van der Waals surface area contributed by atoms with E-state index in [0.717, 1.165) is 32.1 Å². The highest BCUT2D eigenvalue weighted by atomic mass is 16.6. The average molecular weight is 327 g/mol. The average Bonchev–Trinajstić information content (AvgIpc) is 2.78. The van der Waals surface area contributed by atoms with Crippen molar-refractivity contribution in [1.82, 2.24) is 4.90 Å². The van der Waals surface area contributed by atoms with Crippen LogP contribution in [-0.2, 0) is 11.2 Å². The molecule has 0 saturated carbocycles. The van der Waals surface area contributed by atoms with Gasteiger partial charge in [0, 0.05) is 6.04 Å². The minimum absolute atomic E-state index is 0.144.